The van der Waals surface area contributed by atoms with Gasteiger partial charge in [-0.15, -0.1) is 11.8 Å². The van der Waals surface area contributed by atoms with E-state index in [-0.39, 0.29) is 23.2 Å². The molecule has 0 aromatic heterocycles. The highest BCUT2D eigenvalue weighted by molar-refractivity contribution is 8.00. The number of carbonyl (C=O) groups is 4. The molecule has 152 valence electrons. The van der Waals surface area contributed by atoms with Gasteiger partial charge in [0.05, 0.1) is 11.5 Å². The number of esters is 1. The molecule has 2 aromatic rings. The van der Waals surface area contributed by atoms with E-state index in [0.717, 1.165) is 17.3 Å². The summed E-state index contributed by atoms with van der Waals surface area (Å²) in [7, 11) is 0. The number of aryl methyl sites for hydroxylation is 1. The van der Waals surface area contributed by atoms with Crippen LogP contribution in [-0.4, -0.2) is 41.7 Å². The second-order valence-electron chi connectivity index (χ2n) is 6.25. The molecule has 0 spiro atoms. The topological polar surface area (TPSA) is 102 Å². The van der Waals surface area contributed by atoms with Gasteiger partial charge >= 0.3 is 5.97 Å². The number of anilines is 2. The molecule has 0 bridgehead atoms. The summed E-state index contributed by atoms with van der Waals surface area (Å²) in [6.45, 7) is 2.94. The zero-order valence-corrected chi connectivity index (χ0v) is 17.0. The second kappa shape index (κ2) is 11.0. The predicted octanol–water partition coefficient (Wildman–Crippen LogP) is 3.05. The van der Waals surface area contributed by atoms with E-state index >= 15 is 0 Å². The largest absolute Gasteiger partial charge is 0.455 e. The zero-order chi connectivity index (χ0) is 21.2. The number of nitrogens with one attached hydrogen (secondary N) is 2. The number of thioether (sulfide) groups is 1. The first kappa shape index (κ1) is 22.2. The first-order chi connectivity index (χ1) is 13.8. The summed E-state index contributed by atoms with van der Waals surface area (Å²) in [6.07, 6.45) is 0. The van der Waals surface area contributed by atoms with Gasteiger partial charge in [-0.1, -0.05) is 29.8 Å². The fourth-order valence-electron chi connectivity index (χ4n) is 2.26. The van der Waals surface area contributed by atoms with Crippen molar-refractivity contribution in [3.05, 3.63) is 59.7 Å². The van der Waals surface area contributed by atoms with E-state index in [1.807, 2.05) is 19.1 Å². The lowest BCUT2D eigenvalue weighted by molar-refractivity contribution is -0.144. The fraction of sp³-hybridized carbons (Fsp3) is 0.238. The number of hydrogen-bond acceptors (Lipinski definition) is 6. The van der Waals surface area contributed by atoms with Gasteiger partial charge in [-0.05, 0) is 38.1 Å². The van der Waals surface area contributed by atoms with Gasteiger partial charge in [0.15, 0.2) is 12.4 Å². The van der Waals surface area contributed by atoms with Crippen molar-refractivity contribution in [1.29, 1.82) is 0 Å². The van der Waals surface area contributed by atoms with Gasteiger partial charge in [0.2, 0.25) is 5.91 Å². The molecule has 2 aromatic carbocycles. The third-order valence-corrected chi connectivity index (χ3v) is 4.61. The molecule has 0 unspecified atom stereocenters. The van der Waals surface area contributed by atoms with Gasteiger partial charge in [0, 0.05) is 16.9 Å². The molecule has 29 heavy (non-hydrogen) atoms. The van der Waals surface area contributed by atoms with E-state index in [1.54, 1.807) is 36.4 Å². The summed E-state index contributed by atoms with van der Waals surface area (Å²) in [4.78, 5) is 46.8. The number of benzene rings is 2. The van der Waals surface area contributed by atoms with Crippen LogP contribution in [0.4, 0.5) is 11.4 Å². The first-order valence-corrected chi connectivity index (χ1v) is 9.99. The average molecular weight is 414 g/mol. The van der Waals surface area contributed by atoms with Crippen molar-refractivity contribution >= 4 is 46.7 Å². The molecular weight excluding hydrogens is 392 g/mol. The molecule has 0 atom stereocenters. The van der Waals surface area contributed by atoms with Crippen LogP contribution in [0, 0.1) is 6.92 Å². The lowest BCUT2D eigenvalue weighted by atomic mass is 10.1. The third kappa shape index (κ3) is 8.18. The first-order valence-electron chi connectivity index (χ1n) is 8.84. The Morgan fingerprint density at radius 2 is 1.59 bits per heavy atom. The molecule has 0 aliphatic rings. The van der Waals surface area contributed by atoms with Gasteiger partial charge in [-0.2, -0.15) is 0 Å². The number of hydrogen-bond donors (Lipinski definition) is 2. The third-order valence-electron chi connectivity index (χ3n) is 3.71. The Bertz CT molecular complexity index is 896. The van der Waals surface area contributed by atoms with Gasteiger partial charge < -0.3 is 15.4 Å². The van der Waals surface area contributed by atoms with Crippen LogP contribution in [0.1, 0.15) is 22.8 Å². The molecule has 0 aliphatic carbocycles. The Hall–Kier alpha value is -3.13. The highest BCUT2D eigenvalue weighted by atomic mass is 32.2. The quantitative estimate of drug-likeness (QED) is 0.483. The average Bonchev–Trinajstić information content (AvgIpc) is 2.68. The van der Waals surface area contributed by atoms with E-state index in [0.29, 0.717) is 16.9 Å². The van der Waals surface area contributed by atoms with Gasteiger partial charge in [0.25, 0.3) is 5.91 Å². The van der Waals surface area contributed by atoms with Crippen LogP contribution in [-0.2, 0) is 19.1 Å². The Labute approximate surface area is 173 Å². The maximum absolute atomic E-state index is 11.9. The monoisotopic (exact) mass is 414 g/mol. The molecular formula is C21H22N2O5S. The SMILES string of the molecule is CC(=O)c1cccc(NC(=O)COC(=O)CSCC(=O)Nc2ccc(C)cc2)c1. The van der Waals surface area contributed by atoms with Crippen molar-refractivity contribution in [2.24, 2.45) is 0 Å². The van der Waals surface area contributed by atoms with Crippen molar-refractivity contribution in [3.63, 3.8) is 0 Å². The summed E-state index contributed by atoms with van der Waals surface area (Å²) in [5.41, 5.74) is 2.70. The van der Waals surface area contributed by atoms with E-state index in [1.165, 1.54) is 6.92 Å². The van der Waals surface area contributed by atoms with E-state index < -0.39 is 18.5 Å². The Balaban J connectivity index is 1.65. The van der Waals surface area contributed by atoms with Crippen molar-refractivity contribution in [1.82, 2.24) is 0 Å². The van der Waals surface area contributed by atoms with E-state index in [9.17, 15) is 19.2 Å². The summed E-state index contributed by atoms with van der Waals surface area (Å²) >= 11 is 1.10. The molecule has 8 heteroatoms. The summed E-state index contributed by atoms with van der Waals surface area (Å²) in [6, 6.07) is 13.9. The fourth-order valence-corrected chi connectivity index (χ4v) is 2.87. The van der Waals surface area contributed by atoms with Gasteiger partial charge in [0.1, 0.15) is 0 Å². The van der Waals surface area contributed by atoms with Gasteiger partial charge in [-0.3, -0.25) is 19.2 Å². The number of ether oxygens (including phenoxy) is 1. The van der Waals surface area contributed by atoms with Crippen LogP contribution in [0.5, 0.6) is 0 Å². The predicted molar refractivity (Wildman–Crippen MR) is 113 cm³/mol. The molecule has 0 aliphatic heterocycles. The Morgan fingerprint density at radius 3 is 2.28 bits per heavy atom. The number of amides is 2. The van der Waals surface area contributed by atoms with Crippen LogP contribution in [0.3, 0.4) is 0 Å². The maximum Gasteiger partial charge on any atom is 0.316 e. The molecule has 2 amide bonds. The number of Topliss-reactive ketones (excluding diaryl/α,β-unsaturated/α-hetero) is 1. The number of ketones is 1. The van der Waals surface area contributed by atoms with Crippen LogP contribution >= 0.6 is 11.8 Å². The molecule has 0 saturated carbocycles. The van der Waals surface area contributed by atoms with E-state index in [4.69, 9.17) is 4.74 Å². The summed E-state index contributed by atoms with van der Waals surface area (Å²) in [5.74, 6) is -1.40. The lowest BCUT2D eigenvalue weighted by Crippen LogP contribution is -2.22. The molecule has 2 rings (SSSR count). The highest BCUT2D eigenvalue weighted by Gasteiger charge is 2.10. The molecule has 7 nitrogen and oxygen atoms in total. The standard InChI is InChI=1S/C21H22N2O5S/c1-14-6-8-17(9-7-14)22-20(26)12-29-13-21(27)28-11-19(25)23-18-5-3-4-16(10-18)15(2)24/h3-10H,11-13H2,1-2H3,(H,22,26)(H,23,25). The van der Waals surface area contributed by atoms with Crippen molar-refractivity contribution in [2.75, 3.05) is 28.7 Å². The highest BCUT2D eigenvalue weighted by Crippen LogP contribution is 2.12. The lowest BCUT2D eigenvalue weighted by Gasteiger charge is -2.08. The minimum atomic E-state index is -0.592. The normalized spacial score (nSPS) is 10.1. The van der Waals surface area contributed by atoms with E-state index in [2.05, 4.69) is 10.6 Å². The summed E-state index contributed by atoms with van der Waals surface area (Å²) < 4.78 is 4.90. The molecule has 0 radical (unpaired) electrons. The Morgan fingerprint density at radius 1 is 0.897 bits per heavy atom. The molecule has 0 fully saturated rings. The molecule has 0 saturated heterocycles. The number of carbonyl (C=O) groups excluding carboxylic acids is 4. The van der Waals surface area contributed by atoms with Crippen molar-refractivity contribution in [3.8, 4) is 0 Å². The minimum absolute atomic E-state index is 0.0472. The second-order valence-corrected chi connectivity index (χ2v) is 7.24. The van der Waals surface area contributed by atoms with Crippen LogP contribution in [0.15, 0.2) is 48.5 Å². The number of rotatable bonds is 9. The van der Waals surface area contributed by atoms with Crippen LogP contribution in [0.2, 0.25) is 0 Å². The smallest absolute Gasteiger partial charge is 0.316 e. The summed E-state index contributed by atoms with van der Waals surface area (Å²) in [5, 5.41) is 5.29. The van der Waals surface area contributed by atoms with Gasteiger partial charge in [-0.25, -0.2) is 0 Å². The van der Waals surface area contributed by atoms with Crippen LogP contribution < -0.4 is 10.6 Å². The molecule has 0 heterocycles. The zero-order valence-electron chi connectivity index (χ0n) is 16.2. The molecule has 2 N–H and O–H groups in total. The van der Waals surface area contributed by atoms with Crippen molar-refractivity contribution < 1.29 is 23.9 Å². The maximum atomic E-state index is 11.9. The minimum Gasteiger partial charge on any atom is -0.455 e. The Kier molecular flexibility index (Phi) is 8.42. The van der Waals surface area contributed by atoms with Crippen LogP contribution in [0.25, 0.3) is 0 Å². The van der Waals surface area contributed by atoms with Crippen molar-refractivity contribution in [2.45, 2.75) is 13.8 Å².